The van der Waals surface area contributed by atoms with Gasteiger partial charge in [-0.1, -0.05) is 6.07 Å². The summed E-state index contributed by atoms with van der Waals surface area (Å²) in [7, 11) is 1.66. The molecule has 0 aromatic heterocycles. The van der Waals surface area contributed by atoms with Gasteiger partial charge in [-0.2, -0.15) is 0 Å². The first-order valence-electron chi connectivity index (χ1n) is 5.90. The lowest BCUT2D eigenvalue weighted by molar-refractivity contribution is -0.385. The molecule has 1 fully saturated rings. The summed E-state index contributed by atoms with van der Waals surface area (Å²) in [6.07, 6.45) is 0.535. The molecule has 1 atom stereocenters. The first-order valence-corrected chi connectivity index (χ1v) is 6.70. The Labute approximate surface area is 123 Å². The van der Waals surface area contributed by atoms with Crippen LogP contribution in [-0.4, -0.2) is 41.3 Å². The summed E-state index contributed by atoms with van der Waals surface area (Å²) < 4.78 is 0.112. The molecular formula is C12H12BrN3O4. The predicted molar refractivity (Wildman–Crippen MR) is 74.3 cm³/mol. The van der Waals surface area contributed by atoms with Gasteiger partial charge in [-0.05, 0) is 28.4 Å². The van der Waals surface area contributed by atoms with Crippen LogP contribution >= 0.6 is 15.9 Å². The third-order valence-electron chi connectivity index (χ3n) is 3.15. The number of amides is 2. The number of halogens is 1. The number of nitrogens with zero attached hydrogens (tertiary/aromatic N) is 2. The van der Waals surface area contributed by atoms with Gasteiger partial charge < -0.3 is 10.2 Å². The number of nitrogens with one attached hydrogen (secondary N) is 1. The van der Waals surface area contributed by atoms with Gasteiger partial charge >= 0.3 is 0 Å². The average Bonchev–Trinajstić information content (AvgIpc) is 2.70. The lowest BCUT2D eigenvalue weighted by Crippen LogP contribution is -2.40. The van der Waals surface area contributed by atoms with Gasteiger partial charge in [0, 0.05) is 19.7 Å². The van der Waals surface area contributed by atoms with Gasteiger partial charge in [-0.15, -0.1) is 0 Å². The Morgan fingerprint density at radius 3 is 2.80 bits per heavy atom. The molecule has 1 aromatic rings. The molecule has 20 heavy (non-hydrogen) atoms. The van der Waals surface area contributed by atoms with E-state index in [1.54, 1.807) is 7.05 Å². The number of benzene rings is 1. The molecule has 106 valence electrons. The van der Waals surface area contributed by atoms with Crippen LogP contribution in [0.1, 0.15) is 16.8 Å². The zero-order chi connectivity index (χ0) is 14.9. The third kappa shape index (κ3) is 2.64. The SMILES string of the molecule is CN1CCC(NC(=O)c2cccc([N+](=O)[O-])c2Br)C1=O. The highest BCUT2D eigenvalue weighted by Crippen LogP contribution is 2.28. The van der Waals surface area contributed by atoms with Crippen LogP contribution in [-0.2, 0) is 4.79 Å². The summed E-state index contributed by atoms with van der Waals surface area (Å²) in [5, 5.41) is 13.4. The molecule has 0 radical (unpaired) electrons. The van der Waals surface area contributed by atoms with Crippen molar-refractivity contribution in [1.82, 2.24) is 10.2 Å². The molecule has 0 bridgehead atoms. The normalized spacial score (nSPS) is 18.2. The van der Waals surface area contributed by atoms with Crippen molar-refractivity contribution in [1.29, 1.82) is 0 Å². The zero-order valence-corrected chi connectivity index (χ0v) is 12.2. The molecule has 2 rings (SSSR count). The lowest BCUT2D eigenvalue weighted by Gasteiger charge is -2.12. The average molecular weight is 342 g/mol. The van der Waals surface area contributed by atoms with Crippen molar-refractivity contribution in [2.45, 2.75) is 12.5 Å². The number of rotatable bonds is 3. The van der Waals surface area contributed by atoms with Crippen LogP contribution in [0.5, 0.6) is 0 Å². The first kappa shape index (κ1) is 14.4. The lowest BCUT2D eigenvalue weighted by atomic mass is 10.1. The van der Waals surface area contributed by atoms with Gasteiger partial charge in [0.05, 0.1) is 10.5 Å². The summed E-state index contributed by atoms with van der Waals surface area (Å²) in [6.45, 7) is 0.583. The Morgan fingerprint density at radius 2 is 2.25 bits per heavy atom. The Hall–Kier alpha value is -1.96. The quantitative estimate of drug-likeness (QED) is 0.662. The second kappa shape index (κ2) is 5.58. The van der Waals surface area contributed by atoms with E-state index >= 15 is 0 Å². The van der Waals surface area contributed by atoms with Crippen LogP contribution < -0.4 is 5.32 Å². The number of likely N-dealkylation sites (tertiary alicyclic amines) is 1. The van der Waals surface area contributed by atoms with Crippen molar-refractivity contribution < 1.29 is 14.5 Å². The van der Waals surface area contributed by atoms with Gasteiger partial charge in [0.1, 0.15) is 10.5 Å². The zero-order valence-electron chi connectivity index (χ0n) is 10.6. The van der Waals surface area contributed by atoms with Gasteiger partial charge in [-0.25, -0.2) is 0 Å². The van der Waals surface area contributed by atoms with Crippen molar-refractivity contribution in [2.75, 3.05) is 13.6 Å². The Morgan fingerprint density at radius 1 is 1.55 bits per heavy atom. The number of likely N-dealkylation sites (N-methyl/N-ethyl adjacent to an activating group) is 1. The van der Waals surface area contributed by atoms with Crippen LogP contribution in [0.15, 0.2) is 22.7 Å². The fraction of sp³-hybridized carbons (Fsp3) is 0.333. The summed E-state index contributed by atoms with van der Waals surface area (Å²) in [4.78, 5) is 35.6. The van der Waals surface area contributed by atoms with Gasteiger partial charge in [0.25, 0.3) is 11.6 Å². The summed E-state index contributed by atoms with van der Waals surface area (Å²) in [6, 6.07) is 3.63. The van der Waals surface area contributed by atoms with Gasteiger partial charge in [0.2, 0.25) is 5.91 Å². The maximum Gasteiger partial charge on any atom is 0.284 e. The number of carbonyl (C=O) groups excluding carboxylic acids is 2. The molecule has 1 unspecified atom stereocenters. The molecule has 1 aromatic carbocycles. The van der Waals surface area contributed by atoms with E-state index in [2.05, 4.69) is 21.2 Å². The summed E-state index contributed by atoms with van der Waals surface area (Å²) in [5.74, 6) is -0.658. The third-order valence-corrected chi connectivity index (χ3v) is 3.99. The van der Waals surface area contributed by atoms with E-state index in [9.17, 15) is 19.7 Å². The van der Waals surface area contributed by atoms with Crippen LogP contribution in [0.3, 0.4) is 0 Å². The number of carbonyl (C=O) groups is 2. The Bertz CT molecular complexity index is 590. The number of hydrogen-bond acceptors (Lipinski definition) is 4. The predicted octanol–water partition coefficient (Wildman–Crippen LogP) is 1.32. The minimum Gasteiger partial charge on any atom is -0.344 e. The molecule has 1 aliphatic heterocycles. The maximum absolute atomic E-state index is 12.1. The molecule has 1 N–H and O–H groups in total. The summed E-state index contributed by atoms with van der Waals surface area (Å²) >= 11 is 3.06. The highest BCUT2D eigenvalue weighted by molar-refractivity contribution is 9.10. The number of nitro benzene ring substituents is 1. The standard InChI is InChI=1S/C12H12BrN3O4/c1-15-6-5-8(12(15)18)14-11(17)7-3-2-4-9(10(7)13)16(19)20/h2-4,8H,5-6H2,1H3,(H,14,17). The first-order chi connectivity index (χ1) is 9.41. The van der Waals surface area contributed by atoms with Crippen molar-refractivity contribution in [2.24, 2.45) is 0 Å². The minimum atomic E-state index is -0.574. The molecule has 0 saturated carbocycles. The van der Waals surface area contributed by atoms with E-state index in [4.69, 9.17) is 0 Å². The minimum absolute atomic E-state index is 0.112. The Balaban J connectivity index is 2.20. The van der Waals surface area contributed by atoms with Crippen LogP contribution in [0.25, 0.3) is 0 Å². The molecule has 8 heteroatoms. The molecule has 1 aliphatic rings. The van der Waals surface area contributed by atoms with E-state index in [0.717, 1.165) is 0 Å². The van der Waals surface area contributed by atoms with Crippen molar-refractivity contribution in [3.8, 4) is 0 Å². The number of nitro groups is 1. The van der Waals surface area contributed by atoms with E-state index < -0.39 is 16.9 Å². The van der Waals surface area contributed by atoms with E-state index in [0.29, 0.717) is 13.0 Å². The molecule has 1 saturated heterocycles. The smallest absolute Gasteiger partial charge is 0.284 e. The molecule has 2 amide bonds. The monoisotopic (exact) mass is 341 g/mol. The van der Waals surface area contributed by atoms with E-state index in [1.807, 2.05) is 0 Å². The highest BCUT2D eigenvalue weighted by Gasteiger charge is 2.31. The van der Waals surface area contributed by atoms with Gasteiger partial charge in [-0.3, -0.25) is 19.7 Å². The van der Waals surface area contributed by atoms with Gasteiger partial charge in [0.15, 0.2) is 0 Å². The van der Waals surface area contributed by atoms with Crippen molar-refractivity contribution in [3.63, 3.8) is 0 Å². The topological polar surface area (TPSA) is 92.6 Å². The maximum atomic E-state index is 12.1. The second-order valence-corrected chi connectivity index (χ2v) is 5.26. The fourth-order valence-electron chi connectivity index (χ4n) is 2.03. The highest BCUT2D eigenvalue weighted by atomic mass is 79.9. The molecule has 0 aliphatic carbocycles. The molecule has 0 spiro atoms. The van der Waals surface area contributed by atoms with Crippen LogP contribution in [0.2, 0.25) is 0 Å². The Kier molecular flexibility index (Phi) is 4.03. The molecule has 7 nitrogen and oxygen atoms in total. The van der Waals surface area contributed by atoms with Crippen molar-refractivity contribution >= 4 is 33.4 Å². The van der Waals surface area contributed by atoms with Crippen LogP contribution in [0, 0.1) is 10.1 Å². The largest absolute Gasteiger partial charge is 0.344 e. The fourth-order valence-corrected chi connectivity index (χ4v) is 2.62. The molecular weight excluding hydrogens is 330 g/mol. The van der Waals surface area contributed by atoms with E-state index in [1.165, 1.54) is 23.1 Å². The summed E-state index contributed by atoms with van der Waals surface area (Å²) in [5.41, 5.74) is -0.0472. The van der Waals surface area contributed by atoms with Crippen molar-refractivity contribution in [3.05, 3.63) is 38.3 Å². The van der Waals surface area contributed by atoms with E-state index in [-0.39, 0.29) is 21.6 Å². The second-order valence-electron chi connectivity index (χ2n) is 4.47. The van der Waals surface area contributed by atoms with Crippen LogP contribution in [0.4, 0.5) is 5.69 Å². The number of hydrogen-bond donors (Lipinski definition) is 1. The molecule has 1 heterocycles.